The number of nitrogens with zero attached hydrogens (tertiary/aromatic N) is 4. The van der Waals surface area contributed by atoms with Gasteiger partial charge in [0.05, 0.1) is 16.6 Å². The average Bonchev–Trinajstić information content (AvgIpc) is 3.41. The maximum absolute atomic E-state index is 13.5. The fourth-order valence-electron chi connectivity index (χ4n) is 3.70. The third-order valence-electron chi connectivity index (χ3n) is 5.47. The van der Waals surface area contributed by atoms with Gasteiger partial charge in [-0.3, -0.25) is 4.79 Å². The van der Waals surface area contributed by atoms with Crippen LogP contribution in [0.15, 0.2) is 47.2 Å². The minimum atomic E-state index is -0.442. The minimum absolute atomic E-state index is 0.224. The van der Waals surface area contributed by atoms with Crippen molar-refractivity contribution < 1.29 is 9.32 Å². The summed E-state index contributed by atoms with van der Waals surface area (Å²) in [6.07, 6.45) is 5.72. The Balaban J connectivity index is 1.57. The largest absolute Gasteiger partial charge is 0.338 e. The molecule has 152 valence electrons. The molecule has 1 amide bonds. The number of aromatic nitrogens is 4. The van der Waals surface area contributed by atoms with Crippen molar-refractivity contribution in [2.24, 2.45) is 7.05 Å². The van der Waals surface area contributed by atoms with Crippen LogP contribution >= 0.6 is 11.6 Å². The lowest BCUT2D eigenvalue weighted by Crippen LogP contribution is -2.31. The van der Waals surface area contributed by atoms with E-state index in [9.17, 15) is 4.79 Å². The lowest BCUT2D eigenvalue weighted by atomic mass is 10.0. The molecule has 0 radical (unpaired) electrons. The number of aryl methyl sites for hydroxylation is 2. The van der Waals surface area contributed by atoms with Crippen LogP contribution in [0, 0.1) is 6.92 Å². The highest BCUT2D eigenvalue weighted by molar-refractivity contribution is 6.30. The van der Waals surface area contributed by atoms with Crippen molar-refractivity contribution in [3.05, 3.63) is 76.1 Å². The van der Waals surface area contributed by atoms with Crippen LogP contribution in [0.5, 0.6) is 0 Å². The van der Waals surface area contributed by atoms with E-state index >= 15 is 0 Å². The molecule has 4 aromatic rings. The molecule has 0 saturated heterocycles. The number of fused-ring (bicyclic) bond motifs is 1. The maximum atomic E-state index is 13.5. The second kappa shape index (κ2) is 7.25. The normalized spacial score (nSPS) is 14.8. The summed E-state index contributed by atoms with van der Waals surface area (Å²) < 4.78 is 7.27. The van der Waals surface area contributed by atoms with Gasteiger partial charge in [0.2, 0.25) is 0 Å². The number of benzene rings is 1. The van der Waals surface area contributed by atoms with E-state index in [1.54, 1.807) is 18.3 Å². The van der Waals surface area contributed by atoms with E-state index in [1.807, 2.05) is 42.9 Å². The van der Waals surface area contributed by atoms with E-state index < -0.39 is 6.04 Å². The molecule has 5 rings (SSSR count). The van der Waals surface area contributed by atoms with Crippen molar-refractivity contribution >= 4 is 28.6 Å². The molecule has 1 atom stereocenters. The van der Waals surface area contributed by atoms with Crippen LogP contribution in [0.1, 0.15) is 57.9 Å². The molecule has 1 saturated carbocycles. The average molecular weight is 422 g/mol. The van der Waals surface area contributed by atoms with Crippen molar-refractivity contribution in [2.45, 2.75) is 31.7 Å². The zero-order valence-electron chi connectivity index (χ0n) is 16.6. The summed E-state index contributed by atoms with van der Waals surface area (Å²) in [7, 11) is 1.90. The molecule has 8 heteroatoms. The van der Waals surface area contributed by atoms with E-state index in [2.05, 4.69) is 20.4 Å². The monoisotopic (exact) mass is 421 g/mol. The molecule has 0 bridgehead atoms. The van der Waals surface area contributed by atoms with Gasteiger partial charge in [0.25, 0.3) is 11.6 Å². The standard InChI is InChI=1S/C22H20ClN5O2/c1-12-18-16(11-17(13-3-4-13)25-22(18)30-27-12)21(29)26-19(20-24-9-10-28(20)2)14-5-7-15(23)8-6-14/h5-11,13,19H,3-4H2,1-2H3,(H,26,29). The van der Waals surface area contributed by atoms with Gasteiger partial charge in [-0.15, -0.1) is 0 Å². The summed E-state index contributed by atoms with van der Waals surface area (Å²) in [4.78, 5) is 22.5. The smallest absolute Gasteiger partial charge is 0.259 e. The molecule has 3 aromatic heterocycles. The molecule has 1 aliphatic carbocycles. The van der Waals surface area contributed by atoms with Crippen LogP contribution < -0.4 is 5.32 Å². The Bertz CT molecular complexity index is 1240. The highest BCUT2D eigenvalue weighted by atomic mass is 35.5. The van der Waals surface area contributed by atoms with E-state index in [0.717, 1.165) is 29.9 Å². The van der Waals surface area contributed by atoms with Crippen LogP contribution in [0.2, 0.25) is 5.02 Å². The van der Waals surface area contributed by atoms with Crippen LogP contribution in [0.3, 0.4) is 0 Å². The number of carbonyl (C=O) groups is 1. The van der Waals surface area contributed by atoms with Gasteiger partial charge in [-0.25, -0.2) is 9.97 Å². The zero-order valence-corrected chi connectivity index (χ0v) is 17.3. The molecule has 3 heterocycles. The van der Waals surface area contributed by atoms with Crippen molar-refractivity contribution in [1.82, 2.24) is 25.0 Å². The number of hydrogen-bond donors (Lipinski definition) is 1. The topological polar surface area (TPSA) is 85.8 Å². The number of imidazole rings is 1. The summed E-state index contributed by atoms with van der Waals surface area (Å²) in [6.45, 7) is 1.82. The summed E-state index contributed by atoms with van der Waals surface area (Å²) in [6, 6.07) is 8.83. The van der Waals surface area contributed by atoms with Crippen molar-refractivity contribution in [2.75, 3.05) is 0 Å². The second-order valence-corrected chi connectivity index (χ2v) is 8.11. The molecule has 1 aliphatic rings. The Morgan fingerprint density at radius 1 is 1.30 bits per heavy atom. The quantitative estimate of drug-likeness (QED) is 0.518. The van der Waals surface area contributed by atoms with Gasteiger partial charge in [-0.05, 0) is 43.5 Å². The van der Waals surface area contributed by atoms with Gasteiger partial charge in [0, 0.05) is 36.1 Å². The summed E-state index contributed by atoms with van der Waals surface area (Å²) in [5, 5.41) is 8.45. The zero-order chi connectivity index (χ0) is 20.8. The van der Waals surface area contributed by atoms with Crippen LogP contribution in [-0.2, 0) is 7.05 Å². The fraction of sp³-hybridized carbons (Fsp3) is 0.273. The van der Waals surface area contributed by atoms with Crippen LogP contribution in [0.4, 0.5) is 0 Å². The first-order chi connectivity index (χ1) is 14.5. The molecular formula is C22H20ClN5O2. The molecule has 1 aromatic carbocycles. The van der Waals surface area contributed by atoms with Crippen molar-refractivity contribution in [3.63, 3.8) is 0 Å². The molecule has 1 unspecified atom stereocenters. The Kier molecular flexibility index (Phi) is 4.55. The number of pyridine rings is 1. The third kappa shape index (κ3) is 3.35. The molecule has 30 heavy (non-hydrogen) atoms. The van der Waals surface area contributed by atoms with E-state index in [4.69, 9.17) is 16.1 Å². The SMILES string of the molecule is Cc1noc2nc(C3CC3)cc(C(=O)NC(c3ccc(Cl)cc3)c3nccn3C)c12. The number of carbonyl (C=O) groups excluding carboxylic acids is 1. The summed E-state index contributed by atoms with van der Waals surface area (Å²) in [5.74, 6) is 0.881. The van der Waals surface area contributed by atoms with Crippen molar-refractivity contribution in [3.8, 4) is 0 Å². The molecule has 1 N–H and O–H groups in total. The summed E-state index contributed by atoms with van der Waals surface area (Å²) in [5.41, 5.74) is 3.33. The predicted octanol–water partition coefficient (Wildman–Crippen LogP) is 4.31. The number of halogens is 1. The minimum Gasteiger partial charge on any atom is -0.338 e. The highest BCUT2D eigenvalue weighted by Gasteiger charge is 2.30. The lowest BCUT2D eigenvalue weighted by Gasteiger charge is -2.20. The Labute approximate surface area is 178 Å². The van der Waals surface area contributed by atoms with Gasteiger partial charge in [-0.1, -0.05) is 28.9 Å². The second-order valence-electron chi connectivity index (χ2n) is 7.67. The van der Waals surface area contributed by atoms with E-state index in [0.29, 0.717) is 33.3 Å². The fourth-order valence-corrected chi connectivity index (χ4v) is 3.82. The number of nitrogens with one attached hydrogen (secondary N) is 1. The number of rotatable bonds is 5. The van der Waals surface area contributed by atoms with Crippen LogP contribution in [0.25, 0.3) is 11.1 Å². The molecule has 0 spiro atoms. The predicted molar refractivity (Wildman–Crippen MR) is 112 cm³/mol. The van der Waals surface area contributed by atoms with Gasteiger partial charge < -0.3 is 14.4 Å². The van der Waals surface area contributed by atoms with Gasteiger partial charge in [-0.2, -0.15) is 0 Å². The Morgan fingerprint density at radius 2 is 2.07 bits per heavy atom. The third-order valence-corrected chi connectivity index (χ3v) is 5.72. The highest BCUT2D eigenvalue weighted by Crippen LogP contribution is 2.40. The summed E-state index contributed by atoms with van der Waals surface area (Å²) >= 11 is 6.06. The number of amides is 1. The Morgan fingerprint density at radius 3 is 2.73 bits per heavy atom. The lowest BCUT2D eigenvalue weighted by molar-refractivity contribution is 0.0942. The first kappa shape index (κ1) is 18.8. The van der Waals surface area contributed by atoms with Crippen molar-refractivity contribution in [1.29, 1.82) is 0 Å². The van der Waals surface area contributed by atoms with Gasteiger partial charge in [0.15, 0.2) is 0 Å². The number of hydrogen-bond acceptors (Lipinski definition) is 5. The van der Waals surface area contributed by atoms with Crippen LogP contribution in [-0.4, -0.2) is 25.6 Å². The van der Waals surface area contributed by atoms with Gasteiger partial charge in [0.1, 0.15) is 11.9 Å². The first-order valence-corrected chi connectivity index (χ1v) is 10.2. The van der Waals surface area contributed by atoms with E-state index in [-0.39, 0.29) is 5.91 Å². The first-order valence-electron chi connectivity index (χ1n) is 9.81. The maximum Gasteiger partial charge on any atom is 0.259 e. The van der Waals surface area contributed by atoms with E-state index in [1.165, 1.54) is 0 Å². The molecule has 0 aliphatic heterocycles. The van der Waals surface area contributed by atoms with Gasteiger partial charge >= 0.3 is 0 Å². The Hall–Kier alpha value is -3.19. The molecular weight excluding hydrogens is 402 g/mol. The molecule has 7 nitrogen and oxygen atoms in total. The molecule has 1 fully saturated rings.